The third kappa shape index (κ3) is 2.21. The van der Waals surface area contributed by atoms with Crippen LogP contribution in [0.1, 0.15) is 11.1 Å². The maximum absolute atomic E-state index is 4.32. The quantitative estimate of drug-likeness (QED) is 0.623. The first-order chi connectivity index (χ1) is 10.4. The molecule has 0 unspecified atom stereocenters. The van der Waals surface area contributed by atoms with Gasteiger partial charge in [-0.15, -0.1) is 0 Å². The van der Waals surface area contributed by atoms with Gasteiger partial charge in [0, 0.05) is 18.1 Å². The topological polar surface area (TPSA) is 46.5 Å². The first kappa shape index (κ1) is 11.9. The number of fused-ring (bicyclic) bond motifs is 1. The van der Waals surface area contributed by atoms with Crippen LogP contribution in [-0.4, -0.2) is 19.5 Å². The average Bonchev–Trinajstić information content (AvgIpc) is 3.19. The van der Waals surface area contributed by atoms with Gasteiger partial charge in [0.25, 0.3) is 0 Å². The van der Waals surface area contributed by atoms with Crippen LogP contribution in [-0.2, 0) is 6.42 Å². The number of para-hydroxylation sites is 1. The maximum atomic E-state index is 4.32. The monoisotopic (exact) mass is 274 g/mol. The fourth-order valence-corrected chi connectivity index (χ4v) is 2.62. The summed E-state index contributed by atoms with van der Waals surface area (Å²) in [5.74, 6) is 0. The van der Waals surface area contributed by atoms with E-state index in [0.29, 0.717) is 0 Å². The summed E-state index contributed by atoms with van der Waals surface area (Å²) >= 11 is 0. The molecule has 0 saturated heterocycles. The second-order valence-electron chi connectivity index (χ2n) is 5.03. The molecule has 4 rings (SSSR count). The van der Waals surface area contributed by atoms with Gasteiger partial charge < -0.3 is 9.55 Å². The molecule has 4 aromatic rings. The van der Waals surface area contributed by atoms with Gasteiger partial charge in [-0.2, -0.15) is 0 Å². The molecule has 2 aromatic heterocycles. The van der Waals surface area contributed by atoms with Crippen LogP contribution in [0, 0.1) is 0 Å². The highest BCUT2D eigenvalue weighted by Crippen LogP contribution is 2.20. The molecule has 0 saturated carbocycles. The zero-order valence-electron chi connectivity index (χ0n) is 11.4. The van der Waals surface area contributed by atoms with E-state index in [-0.39, 0.29) is 0 Å². The Labute approximate surface area is 122 Å². The molecule has 4 nitrogen and oxygen atoms in total. The molecule has 2 aromatic carbocycles. The van der Waals surface area contributed by atoms with Gasteiger partial charge in [-0.1, -0.05) is 24.3 Å². The number of imidazole rings is 2. The summed E-state index contributed by atoms with van der Waals surface area (Å²) in [5, 5.41) is 0. The van der Waals surface area contributed by atoms with E-state index in [4.69, 9.17) is 0 Å². The number of aromatic amines is 1. The molecule has 0 bridgehead atoms. The van der Waals surface area contributed by atoms with Crippen LogP contribution in [0.4, 0.5) is 0 Å². The summed E-state index contributed by atoms with van der Waals surface area (Å²) in [6.45, 7) is 0. The molecule has 0 spiro atoms. The molecule has 0 atom stereocenters. The first-order valence-corrected chi connectivity index (χ1v) is 6.88. The van der Waals surface area contributed by atoms with E-state index >= 15 is 0 Å². The summed E-state index contributed by atoms with van der Waals surface area (Å²) in [7, 11) is 0. The number of nitrogens with one attached hydrogen (secondary N) is 1. The van der Waals surface area contributed by atoms with Gasteiger partial charge in [0.15, 0.2) is 0 Å². The van der Waals surface area contributed by atoms with Crippen molar-refractivity contribution in [3.63, 3.8) is 0 Å². The Balaban J connectivity index is 1.74. The van der Waals surface area contributed by atoms with Crippen LogP contribution in [0.2, 0.25) is 0 Å². The lowest BCUT2D eigenvalue weighted by molar-refractivity contribution is 1.02. The molecule has 0 aliphatic heterocycles. The second kappa shape index (κ2) is 4.90. The fraction of sp³-hybridized carbons (Fsp3) is 0.0588. The molecule has 0 amide bonds. The smallest absolute Gasteiger partial charge is 0.0991 e. The Hall–Kier alpha value is -2.88. The summed E-state index contributed by atoms with van der Waals surface area (Å²) in [4.78, 5) is 11.6. The van der Waals surface area contributed by atoms with Crippen molar-refractivity contribution in [2.24, 2.45) is 0 Å². The third-order valence-electron chi connectivity index (χ3n) is 3.65. The normalized spacial score (nSPS) is 11.0. The average molecular weight is 274 g/mol. The minimum atomic E-state index is 0.872. The largest absolute Gasteiger partial charge is 0.345 e. The Morgan fingerprint density at radius 3 is 2.95 bits per heavy atom. The molecule has 0 radical (unpaired) electrons. The molecule has 4 heteroatoms. The van der Waals surface area contributed by atoms with Crippen LogP contribution in [0.3, 0.4) is 0 Å². The number of benzene rings is 2. The van der Waals surface area contributed by atoms with Crippen molar-refractivity contribution in [1.29, 1.82) is 0 Å². The second-order valence-corrected chi connectivity index (χ2v) is 5.03. The fourth-order valence-electron chi connectivity index (χ4n) is 2.62. The van der Waals surface area contributed by atoms with Gasteiger partial charge in [0.2, 0.25) is 0 Å². The van der Waals surface area contributed by atoms with Crippen LogP contribution >= 0.6 is 0 Å². The molecular weight excluding hydrogens is 260 g/mol. The molecule has 0 aliphatic carbocycles. The van der Waals surface area contributed by atoms with Gasteiger partial charge in [0.1, 0.15) is 0 Å². The number of aromatic nitrogens is 4. The lowest BCUT2D eigenvalue weighted by Gasteiger charge is -2.10. The standard InChI is InChI=1S/C17H14N4/c1-2-4-17(21-8-7-18-12-21)14(3-1)9-13-5-6-15-16(10-13)20-11-19-15/h1-8,10-12H,9H2,(H,19,20). The van der Waals surface area contributed by atoms with Gasteiger partial charge in [0.05, 0.1) is 23.7 Å². The predicted octanol–water partition coefficient (Wildman–Crippen LogP) is 3.34. The number of hydrogen-bond donors (Lipinski definition) is 1. The maximum Gasteiger partial charge on any atom is 0.0991 e. The Morgan fingerprint density at radius 1 is 1.10 bits per heavy atom. The number of H-pyrrole nitrogens is 1. The van der Waals surface area contributed by atoms with Crippen LogP contribution in [0.5, 0.6) is 0 Å². The van der Waals surface area contributed by atoms with E-state index in [9.17, 15) is 0 Å². The number of nitrogens with zero attached hydrogens (tertiary/aromatic N) is 3. The van der Waals surface area contributed by atoms with Gasteiger partial charge in [-0.25, -0.2) is 9.97 Å². The summed E-state index contributed by atoms with van der Waals surface area (Å²) in [6, 6.07) is 14.8. The van der Waals surface area contributed by atoms with Crippen molar-refractivity contribution < 1.29 is 0 Å². The van der Waals surface area contributed by atoms with E-state index in [1.54, 1.807) is 12.5 Å². The Morgan fingerprint density at radius 2 is 2.05 bits per heavy atom. The number of rotatable bonds is 3. The highest BCUT2D eigenvalue weighted by atomic mass is 15.0. The van der Waals surface area contributed by atoms with E-state index in [1.165, 1.54) is 11.1 Å². The van der Waals surface area contributed by atoms with Crippen molar-refractivity contribution in [3.8, 4) is 5.69 Å². The SMILES string of the molecule is c1ccc(-n2ccnc2)c(Cc2ccc3[nH]cnc3c2)c1. The first-order valence-electron chi connectivity index (χ1n) is 6.88. The van der Waals surface area contributed by atoms with E-state index < -0.39 is 0 Å². The predicted molar refractivity (Wildman–Crippen MR) is 82.5 cm³/mol. The van der Waals surface area contributed by atoms with Crippen LogP contribution in [0.15, 0.2) is 67.5 Å². The molecule has 1 N–H and O–H groups in total. The van der Waals surface area contributed by atoms with Crippen molar-refractivity contribution >= 4 is 11.0 Å². The van der Waals surface area contributed by atoms with E-state index in [1.807, 2.05) is 17.1 Å². The van der Waals surface area contributed by atoms with Gasteiger partial charge in [-0.05, 0) is 35.7 Å². The van der Waals surface area contributed by atoms with E-state index in [2.05, 4.69) is 57.4 Å². The van der Waals surface area contributed by atoms with Crippen molar-refractivity contribution in [1.82, 2.24) is 19.5 Å². The molecule has 0 fully saturated rings. The lowest BCUT2D eigenvalue weighted by Crippen LogP contribution is -1.98. The zero-order valence-corrected chi connectivity index (χ0v) is 11.4. The molecule has 102 valence electrons. The van der Waals surface area contributed by atoms with Crippen molar-refractivity contribution in [2.75, 3.05) is 0 Å². The van der Waals surface area contributed by atoms with Crippen molar-refractivity contribution in [2.45, 2.75) is 6.42 Å². The highest BCUT2D eigenvalue weighted by Gasteiger charge is 2.06. The van der Waals surface area contributed by atoms with Crippen LogP contribution < -0.4 is 0 Å². The lowest BCUT2D eigenvalue weighted by atomic mass is 10.0. The van der Waals surface area contributed by atoms with Gasteiger partial charge in [-0.3, -0.25) is 0 Å². The Bertz CT molecular complexity index is 875. The van der Waals surface area contributed by atoms with Crippen LogP contribution in [0.25, 0.3) is 16.7 Å². The highest BCUT2D eigenvalue weighted by molar-refractivity contribution is 5.75. The minimum Gasteiger partial charge on any atom is -0.345 e. The minimum absolute atomic E-state index is 0.872. The Kier molecular flexibility index (Phi) is 2.78. The van der Waals surface area contributed by atoms with E-state index in [0.717, 1.165) is 23.1 Å². The number of hydrogen-bond acceptors (Lipinski definition) is 2. The van der Waals surface area contributed by atoms with Gasteiger partial charge >= 0.3 is 0 Å². The molecule has 0 aliphatic rings. The third-order valence-corrected chi connectivity index (χ3v) is 3.65. The molecular formula is C17H14N4. The summed E-state index contributed by atoms with van der Waals surface area (Å²) < 4.78 is 2.04. The zero-order chi connectivity index (χ0) is 14.1. The molecule has 2 heterocycles. The van der Waals surface area contributed by atoms with Crippen molar-refractivity contribution in [3.05, 3.63) is 78.6 Å². The summed E-state index contributed by atoms with van der Waals surface area (Å²) in [6.07, 6.45) is 8.20. The summed E-state index contributed by atoms with van der Waals surface area (Å²) in [5.41, 5.74) is 5.76. The molecule has 21 heavy (non-hydrogen) atoms.